The molecular formula is C18H21F3N2O4. The third-order valence-electron chi connectivity index (χ3n) is 4.68. The number of amides is 3. The van der Waals surface area contributed by atoms with E-state index < -0.39 is 40.7 Å². The van der Waals surface area contributed by atoms with E-state index in [1.807, 2.05) is 0 Å². The van der Waals surface area contributed by atoms with Crippen molar-refractivity contribution < 1.29 is 32.3 Å². The molecule has 6 nitrogen and oxygen atoms in total. The maximum absolute atomic E-state index is 12.9. The number of alkyl halides is 3. The van der Waals surface area contributed by atoms with Crippen LogP contribution in [0.4, 0.5) is 18.0 Å². The van der Waals surface area contributed by atoms with Crippen molar-refractivity contribution in [2.75, 3.05) is 6.54 Å². The highest BCUT2D eigenvalue weighted by Gasteiger charge is 2.61. The summed E-state index contributed by atoms with van der Waals surface area (Å²) in [5, 5.41) is 0. The molecule has 1 aromatic rings. The molecule has 0 aliphatic carbocycles. The van der Waals surface area contributed by atoms with E-state index in [1.54, 1.807) is 20.8 Å². The number of nitrogens with zero attached hydrogens (tertiary/aromatic N) is 1. The molecule has 1 aliphatic rings. The van der Waals surface area contributed by atoms with Crippen molar-refractivity contribution in [1.29, 1.82) is 0 Å². The molecule has 0 aromatic heterocycles. The number of halogens is 3. The van der Waals surface area contributed by atoms with Crippen molar-refractivity contribution in [1.82, 2.24) is 4.90 Å². The van der Waals surface area contributed by atoms with Gasteiger partial charge in [-0.15, -0.1) is 0 Å². The molecule has 3 amide bonds. The Balaban J connectivity index is 2.16. The van der Waals surface area contributed by atoms with Gasteiger partial charge in [-0.3, -0.25) is 14.5 Å². The summed E-state index contributed by atoms with van der Waals surface area (Å²) in [4.78, 5) is 37.5. The Morgan fingerprint density at radius 1 is 1.19 bits per heavy atom. The normalized spacial score (nSPS) is 20.9. The minimum atomic E-state index is -4.43. The van der Waals surface area contributed by atoms with Crippen molar-refractivity contribution >= 4 is 17.9 Å². The molecule has 1 unspecified atom stereocenters. The van der Waals surface area contributed by atoms with Crippen molar-refractivity contribution in [2.24, 2.45) is 11.1 Å². The van der Waals surface area contributed by atoms with Crippen molar-refractivity contribution in [2.45, 2.75) is 45.4 Å². The summed E-state index contributed by atoms with van der Waals surface area (Å²) in [6.07, 6.45) is -5.74. The monoisotopic (exact) mass is 386 g/mol. The van der Waals surface area contributed by atoms with Gasteiger partial charge in [-0.1, -0.05) is 32.9 Å². The second-order valence-electron chi connectivity index (χ2n) is 7.47. The smallest absolute Gasteiger partial charge is 0.416 e. The highest BCUT2D eigenvalue weighted by molar-refractivity contribution is 6.09. The Kier molecular flexibility index (Phi) is 5.27. The first-order valence-corrected chi connectivity index (χ1v) is 8.27. The average molecular weight is 386 g/mol. The molecule has 1 aromatic carbocycles. The third-order valence-corrected chi connectivity index (χ3v) is 4.68. The maximum atomic E-state index is 12.9. The molecule has 1 fully saturated rings. The van der Waals surface area contributed by atoms with Crippen LogP contribution in [0.2, 0.25) is 0 Å². The summed E-state index contributed by atoms with van der Waals surface area (Å²) in [7, 11) is 0. The van der Waals surface area contributed by atoms with Crippen LogP contribution >= 0.6 is 0 Å². The molecule has 9 heteroatoms. The van der Waals surface area contributed by atoms with E-state index in [1.165, 1.54) is 12.1 Å². The maximum Gasteiger partial charge on any atom is 0.416 e. The van der Waals surface area contributed by atoms with Crippen LogP contribution in [0.25, 0.3) is 0 Å². The lowest BCUT2D eigenvalue weighted by molar-refractivity contribution is -0.154. The summed E-state index contributed by atoms with van der Waals surface area (Å²) in [6.45, 7) is 4.92. The van der Waals surface area contributed by atoms with Gasteiger partial charge >= 0.3 is 12.3 Å². The van der Waals surface area contributed by atoms with Gasteiger partial charge in [0, 0.05) is 12.0 Å². The van der Waals surface area contributed by atoms with Gasteiger partial charge in [0.1, 0.15) is 0 Å². The molecule has 148 valence electrons. The number of rotatable bonds is 4. The fraction of sp³-hybridized carbons (Fsp3) is 0.500. The van der Waals surface area contributed by atoms with Crippen LogP contribution in [0.15, 0.2) is 24.3 Å². The Morgan fingerprint density at radius 3 is 2.19 bits per heavy atom. The summed E-state index contributed by atoms with van der Waals surface area (Å²) >= 11 is 0. The first kappa shape index (κ1) is 20.7. The van der Waals surface area contributed by atoms with Crippen LogP contribution in [0.3, 0.4) is 0 Å². The van der Waals surface area contributed by atoms with Crippen molar-refractivity contribution in [3.05, 3.63) is 35.4 Å². The van der Waals surface area contributed by atoms with Crippen LogP contribution in [0.1, 0.15) is 38.3 Å². The lowest BCUT2D eigenvalue weighted by Crippen LogP contribution is -2.54. The first-order chi connectivity index (χ1) is 12.3. The van der Waals surface area contributed by atoms with Gasteiger partial charge in [0.05, 0.1) is 12.0 Å². The zero-order chi connectivity index (χ0) is 20.6. The van der Waals surface area contributed by atoms with Crippen molar-refractivity contribution in [3.8, 4) is 0 Å². The molecule has 0 saturated carbocycles. The van der Waals surface area contributed by atoms with E-state index in [0.29, 0.717) is 5.56 Å². The highest BCUT2D eigenvalue weighted by Crippen LogP contribution is 2.43. The number of carbonyl (C=O) groups excluding carboxylic acids is 3. The molecule has 1 aliphatic heterocycles. The van der Waals surface area contributed by atoms with Crippen LogP contribution in [0.5, 0.6) is 0 Å². The van der Waals surface area contributed by atoms with E-state index in [-0.39, 0.29) is 19.4 Å². The number of likely N-dealkylation sites (tertiary alicyclic amines) is 1. The van der Waals surface area contributed by atoms with Gasteiger partial charge in [0.15, 0.2) is 0 Å². The van der Waals surface area contributed by atoms with Crippen LogP contribution in [-0.4, -0.2) is 35.0 Å². The zero-order valence-electron chi connectivity index (χ0n) is 15.2. The molecule has 0 radical (unpaired) electrons. The number of benzene rings is 1. The molecule has 1 heterocycles. The lowest BCUT2D eigenvalue weighted by Gasteiger charge is -2.37. The summed E-state index contributed by atoms with van der Waals surface area (Å²) in [6, 6.07) is 4.48. The first-order valence-electron chi connectivity index (χ1n) is 8.27. The van der Waals surface area contributed by atoms with E-state index in [4.69, 9.17) is 10.5 Å². The number of ether oxygens (including phenoxy) is 1. The average Bonchev–Trinajstić information content (AvgIpc) is 2.75. The summed E-state index contributed by atoms with van der Waals surface area (Å²) in [5.74, 6) is -1.20. The van der Waals surface area contributed by atoms with Crippen LogP contribution in [-0.2, 0) is 26.9 Å². The molecule has 2 rings (SSSR count). The SMILES string of the molecule is CC(C)(C)C1(OC(N)=O)CC(=O)N(CCc2ccc(C(F)(F)F)cc2)C1=O. The predicted octanol–water partition coefficient (Wildman–Crippen LogP) is 2.89. The summed E-state index contributed by atoms with van der Waals surface area (Å²) in [5.41, 5.74) is 2.27. The lowest BCUT2D eigenvalue weighted by atomic mass is 9.75. The standard InChI is InChI=1S/C18H21F3N2O4/c1-16(2,3)17(27-15(22)26)10-13(24)23(14(17)25)9-8-11-4-6-12(7-5-11)18(19,20)21/h4-7H,8-10H2,1-3H3,(H2,22,26). The second kappa shape index (κ2) is 6.86. The molecule has 1 atom stereocenters. The Bertz CT molecular complexity index is 753. The Morgan fingerprint density at radius 2 is 1.74 bits per heavy atom. The fourth-order valence-electron chi connectivity index (χ4n) is 3.03. The molecule has 0 spiro atoms. The second-order valence-corrected chi connectivity index (χ2v) is 7.47. The topological polar surface area (TPSA) is 89.7 Å². The zero-order valence-corrected chi connectivity index (χ0v) is 15.2. The Labute approximate surface area is 154 Å². The Hall–Kier alpha value is -2.58. The molecular weight excluding hydrogens is 365 g/mol. The quantitative estimate of drug-likeness (QED) is 0.806. The van der Waals surface area contributed by atoms with Crippen LogP contribution < -0.4 is 5.73 Å². The van der Waals surface area contributed by atoms with E-state index in [0.717, 1.165) is 17.0 Å². The van der Waals surface area contributed by atoms with Gasteiger partial charge in [-0.25, -0.2) is 4.79 Å². The predicted molar refractivity (Wildman–Crippen MR) is 89.3 cm³/mol. The summed E-state index contributed by atoms with van der Waals surface area (Å²) < 4.78 is 42.9. The number of primary amides is 1. The van der Waals surface area contributed by atoms with E-state index in [2.05, 4.69) is 0 Å². The number of hydrogen-bond donors (Lipinski definition) is 1. The van der Waals surface area contributed by atoms with Crippen LogP contribution in [0, 0.1) is 5.41 Å². The third kappa shape index (κ3) is 4.06. The number of carbonyl (C=O) groups is 3. The van der Waals surface area contributed by atoms with E-state index >= 15 is 0 Å². The van der Waals surface area contributed by atoms with E-state index in [9.17, 15) is 27.6 Å². The number of imide groups is 1. The van der Waals surface area contributed by atoms with Crippen molar-refractivity contribution in [3.63, 3.8) is 0 Å². The minimum Gasteiger partial charge on any atom is -0.432 e. The molecule has 27 heavy (non-hydrogen) atoms. The van der Waals surface area contributed by atoms with Gasteiger partial charge in [0.2, 0.25) is 11.5 Å². The fourth-order valence-corrected chi connectivity index (χ4v) is 3.03. The van der Waals surface area contributed by atoms with Gasteiger partial charge < -0.3 is 10.5 Å². The molecule has 0 bridgehead atoms. The largest absolute Gasteiger partial charge is 0.432 e. The molecule has 1 saturated heterocycles. The highest BCUT2D eigenvalue weighted by atomic mass is 19.4. The number of hydrogen-bond acceptors (Lipinski definition) is 4. The van der Waals surface area contributed by atoms with Gasteiger partial charge in [0.25, 0.3) is 5.91 Å². The van der Waals surface area contributed by atoms with Gasteiger partial charge in [-0.05, 0) is 24.1 Å². The minimum absolute atomic E-state index is 0.0387. The number of nitrogens with two attached hydrogens (primary N) is 1. The van der Waals surface area contributed by atoms with Gasteiger partial charge in [-0.2, -0.15) is 13.2 Å². The molecule has 2 N–H and O–H groups in total.